The second kappa shape index (κ2) is 8.39. The standard InChI is InChI=1S/C19H20N6O3S/c26-16-6-5-11(8-20-16)18(28)25-19-22-12(10-29-19)7-17(27)21-9-15-23-13-3-1-2-4-14(13)24-15/h1-4,10-11H,5-9H2,(H,20,26)(H,21,27)(H,23,24)(H,22,25,28). The number of nitrogens with zero attached hydrogens (tertiary/aromatic N) is 2. The molecule has 10 heteroatoms. The molecule has 0 saturated carbocycles. The Morgan fingerprint density at radius 1 is 1.24 bits per heavy atom. The number of hydrogen-bond acceptors (Lipinski definition) is 6. The van der Waals surface area contributed by atoms with Gasteiger partial charge in [-0.1, -0.05) is 12.1 Å². The molecule has 1 atom stereocenters. The molecule has 1 saturated heterocycles. The summed E-state index contributed by atoms with van der Waals surface area (Å²) in [7, 11) is 0. The molecule has 1 aromatic carbocycles. The zero-order valence-corrected chi connectivity index (χ0v) is 16.3. The topological polar surface area (TPSA) is 129 Å². The highest BCUT2D eigenvalue weighted by Crippen LogP contribution is 2.19. The Balaban J connectivity index is 1.26. The van der Waals surface area contributed by atoms with Gasteiger partial charge in [0.25, 0.3) is 0 Å². The lowest BCUT2D eigenvalue weighted by atomic mass is 9.98. The highest BCUT2D eigenvalue weighted by atomic mass is 32.1. The van der Waals surface area contributed by atoms with Gasteiger partial charge in [0.1, 0.15) is 5.82 Å². The number of piperidine rings is 1. The molecular formula is C19H20N6O3S. The summed E-state index contributed by atoms with van der Waals surface area (Å²) in [5, 5.41) is 10.5. The number of H-pyrrole nitrogens is 1. The van der Waals surface area contributed by atoms with Gasteiger partial charge in [0.15, 0.2) is 5.13 Å². The normalized spacial score (nSPS) is 16.4. The van der Waals surface area contributed by atoms with Crippen molar-refractivity contribution in [2.45, 2.75) is 25.8 Å². The van der Waals surface area contributed by atoms with Crippen LogP contribution in [0.15, 0.2) is 29.6 Å². The van der Waals surface area contributed by atoms with E-state index >= 15 is 0 Å². The molecule has 4 N–H and O–H groups in total. The summed E-state index contributed by atoms with van der Waals surface area (Å²) in [6.07, 6.45) is 0.999. The predicted molar refractivity (Wildman–Crippen MR) is 108 cm³/mol. The maximum Gasteiger partial charge on any atom is 0.231 e. The molecule has 0 spiro atoms. The van der Waals surface area contributed by atoms with Crippen molar-refractivity contribution in [2.24, 2.45) is 5.92 Å². The molecule has 4 rings (SSSR count). The molecule has 3 aromatic rings. The van der Waals surface area contributed by atoms with Crippen LogP contribution in [0.2, 0.25) is 0 Å². The maximum absolute atomic E-state index is 12.3. The number of hydrogen-bond donors (Lipinski definition) is 4. The number of carbonyl (C=O) groups is 3. The van der Waals surface area contributed by atoms with E-state index in [9.17, 15) is 14.4 Å². The van der Waals surface area contributed by atoms with Gasteiger partial charge in [0.05, 0.1) is 35.6 Å². The molecule has 1 fully saturated rings. The van der Waals surface area contributed by atoms with Gasteiger partial charge in [-0.25, -0.2) is 9.97 Å². The minimum absolute atomic E-state index is 0.0285. The van der Waals surface area contributed by atoms with E-state index in [0.717, 1.165) is 11.0 Å². The van der Waals surface area contributed by atoms with Crippen molar-refractivity contribution in [1.29, 1.82) is 0 Å². The van der Waals surface area contributed by atoms with Crippen molar-refractivity contribution in [2.75, 3.05) is 11.9 Å². The number of thiazole rings is 1. The average Bonchev–Trinajstić information content (AvgIpc) is 3.33. The molecule has 1 unspecified atom stereocenters. The molecule has 0 bridgehead atoms. The van der Waals surface area contributed by atoms with Crippen LogP contribution in [-0.2, 0) is 27.3 Å². The molecule has 1 aliphatic rings. The molecule has 29 heavy (non-hydrogen) atoms. The summed E-state index contributed by atoms with van der Waals surface area (Å²) in [6.45, 7) is 0.641. The van der Waals surface area contributed by atoms with Crippen molar-refractivity contribution >= 4 is 45.2 Å². The highest BCUT2D eigenvalue weighted by Gasteiger charge is 2.25. The highest BCUT2D eigenvalue weighted by molar-refractivity contribution is 7.13. The van der Waals surface area contributed by atoms with E-state index in [-0.39, 0.29) is 30.1 Å². The number of carbonyl (C=O) groups excluding carboxylic acids is 3. The fourth-order valence-electron chi connectivity index (χ4n) is 3.11. The third-order valence-electron chi connectivity index (χ3n) is 4.65. The molecule has 3 heterocycles. The lowest BCUT2D eigenvalue weighted by Gasteiger charge is -2.20. The summed E-state index contributed by atoms with van der Waals surface area (Å²) >= 11 is 1.27. The maximum atomic E-state index is 12.3. The van der Waals surface area contributed by atoms with Gasteiger partial charge in [-0.05, 0) is 18.6 Å². The number of rotatable bonds is 6. The molecule has 3 amide bonds. The number of aromatic nitrogens is 3. The summed E-state index contributed by atoms with van der Waals surface area (Å²) in [5.74, 6) is 0.0561. The van der Waals surface area contributed by atoms with Gasteiger partial charge < -0.3 is 20.9 Å². The van der Waals surface area contributed by atoms with Gasteiger partial charge in [-0.3, -0.25) is 14.4 Å². The monoisotopic (exact) mass is 412 g/mol. The predicted octanol–water partition coefficient (Wildman–Crippen LogP) is 1.34. The van der Waals surface area contributed by atoms with Crippen LogP contribution in [0.3, 0.4) is 0 Å². The van der Waals surface area contributed by atoms with Crippen molar-refractivity contribution in [1.82, 2.24) is 25.6 Å². The quantitative estimate of drug-likeness (QED) is 0.486. The first kappa shape index (κ1) is 19.1. The van der Waals surface area contributed by atoms with Crippen LogP contribution in [-0.4, -0.2) is 39.2 Å². The number of anilines is 1. The third-order valence-corrected chi connectivity index (χ3v) is 5.46. The van der Waals surface area contributed by atoms with Crippen molar-refractivity contribution in [3.8, 4) is 0 Å². The number of amides is 3. The first-order valence-corrected chi connectivity index (χ1v) is 10.2. The Morgan fingerprint density at radius 3 is 2.90 bits per heavy atom. The molecule has 1 aliphatic heterocycles. The first-order chi connectivity index (χ1) is 14.1. The fraction of sp³-hybridized carbons (Fsp3) is 0.316. The number of aromatic amines is 1. The van der Waals surface area contributed by atoms with Gasteiger partial charge in [-0.15, -0.1) is 11.3 Å². The fourth-order valence-corrected chi connectivity index (χ4v) is 3.82. The van der Waals surface area contributed by atoms with Crippen molar-refractivity contribution < 1.29 is 14.4 Å². The van der Waals surface area contributed by atoms with Crippen LogP contribution in [0.25, 0.3) is 11.0 Å². The lowest BCUT2D eigenvalue weighted by molar-refractivity contribution is -0.126. The minimum atomic E-state index is -0.257. The second-order valence-corrected chi connectivity index (χ2v) is 7.69. The van der Waals surface area contributed by atoms with Crippen LogP contribution in [0.4, 0.5) is 5.13 Å². The summed E-state index contributed by atoms with van der Waals surface area (Å²) < 4.78 is 0. The molecule has 0 aliphatic carbocycles. The second-order valence-electron chi connectivity index (χ2n) is 6.83. The minimum Gasteiger partial charge on any atom is -0.355 e. The van der Waals surface area contributed by atoms with E-state index in [4.69, 9.17) is 0 Å². The van der Waals surface area contributed by atoms with Gasteiger partial charge in [-0.2, -0.15) is 0 Å². The van der Waals surface area contributed by atoms with E-state index in [2.05, 4.69) is 30.9 Å². The van der Waals surface area contributed by atoms with Crippen molar-refractivity contribution in [3.05, 3.63) is 41.2 Å². The molecular weight excluding hydrogens is 392 g/mol. The van der Waals surface area contributed by atoms with Crippen LogP contribution in [0.1, 0.15) is 24.4 Å². The number of nitrogens with one attached hydrogen (secondary N) is 4. The van der Waals surface area contributed by atoms with E-state index in [1.54, 1.807) is 5.38 Å². The van der Waals surface area contributed by atoms with Gasteiger partial charge in [0.2, 0.25) is 17.7 Å². The zero-order chi connectivity index (χ0) is 20.2. The van der Waals surface area contributed by atoms with Crippen LogP contribution >= 0.6 is 11.3 Å². The number of benzene rings is 1. The summed E-state index contributed by atoms with van der Waals surface area (Å²) in [5.41, 5.74) is 2.37. The molecule has 2 aromatic heterocycles. The number of para-hydroxylation sites is 2. The van der Waals surface area contributed by atoms with Gasteiger partial charge >= 0.3 is 0 Å². The largest absolute Gasteiger partial charge is 0.355 e. The van der Waals surface area contributed by atoms with Gasteiger partial charge in [0, 0.05) is 18.3 Å². The summed E-state index contributed by atoms with van der Waals surface area (Å²) in [4.78, 5) is 47.5. The molecule has 150 valence electrons. The van der Waals surface area contributed by atoms with E-state index in [0.29, 0.717) is 42.6 Å². The summed E-state index contributed by atoms with van der Waals surface area (Å²) in [6, 6.07) is 7.67. The third kappa shape index (κ3) is 4.77. The Morgan fingerprint density at radius 2 is 2.10 bits per heavy atom. The lowest BCUT2D eigenvalue weighted by Crippen LogP contribution is -2.40. The number of fused-ring (bicyclic) bond motifs is 1. The van der Waals surface area contributed by atoms with E-state index in [1.807, 2.05) is 24.3 Å². The van der Waals surface area contributed by atoms with Crippen molar-refractivity contribution in [3.63, 3.8) is 0 Å². The van der Waals surface area contributed by atoms with E-state index in [1.165, 1.54) is 11.3 Å². The van der Waals surface area contributed by atoms with E-state index < -0.39 is 0 Å². The molecule has 0 radical (unpaired) electrons. The zero-order valence-electron chi connectivity index (χ0n) is 15.5. The Labute approximate surface area is 170 Å². The average molecular weight is 412 g/mol. The first-order valence-electron chi connectivity index (χ1n) is 9.29. The van der Waals surface area contributed by atoms with Crippen LogP contribution in [0, 0.1) is 5.92 Å². The Bertz CT molecular complexity index is 1020. The SMILES string of the molecule is O=C1CCC(C(=O)Nc2nc(CC(=O)NCc3nc4ccccc4[nH]3)cs2)CN1. The molecule has 9 nitrogen and oxygen atoms in total. The Kier molecular flexibility index (Phi) is 5.52. The Hall–Kier alpha value is -3.27. The smallest absolute Gasteiger partial charge is 0.231 e. The van der Waals surface area contributed by atoms with Crippen LogP contribution < -0.4 is 16.0 Å². The van der Waals surface area contributed by atoms with Crippen LogP contribution in [0.5, 0.6) is 0 Å². The number of imidazole rings is 1.